The molecule has 9 heteroatoms. The van der Waals surface area contributed by atoms with E-state index in [9.17, 15) is 14.7 Å². The van der Waals surface area contributed by atoms with Gasteiger partial charge in [0, 0.05) is 31.2 Å². The Labute approximate surface area is 180 Å². The smallest absolute Gasteiger partial charge is 0.319 e. The van der Waals surface area contributed by atoms with Crippen LogP contribution in [0.4, 0.5) is 16.3 Å². The van der Waals surface area contributed by atoms with Crippen LogP contribution >= 0.6 is 0 Å². The number of hydrogen-bond acceptors (Lipinski definition) is 5. The number of carboxylic acid groups (broad SMARTS) is 1. The van der Waals surface area contributed by atoms with Crippen LogP contribution < -0.4 is 16.4 Å². The number of carboxylic acids is 1. The standard InChI is InChI=1S/C22H26N6O3/c1-2-8-24-22(31)27-17-5-3-4-16(9-17)12-28-13-19(26-14-28)18(21(29)30)10-15-6-7-20(23)25-11-15/h3-7,9,11,13-14,18H,2,8,10,12H2,1H3,(H2,23,25)(H,29,30)(H2,24,27,31). The van der Waals surface area contributed by atoms with Crippen LogP contribution in [0.15, 0.2) is 55.1 Å². The first-order chi connectivity index (χ1) is 14.9. The van der Waals surface area contributed by atoms with E-state index in [0.29, 0.717) is 30.3 Å². The molecule has 0 saturated carbocycles. The largest absolute Gasteiger partial charge is 0.481 e. The molecule has 0 aliphatic rings. The van der Waals surface area contributed by atoms with Crippen molar-refractivity contribution in [3.63, 3.8) is 0 Å². The molecule has 0 aliphatic heterocycles. The highest BCUT2D eigenvalue weighted by Crippen LogP contribution is 2.21. The molecule has 0 bridgehead atoms. The van der Waals surface area contributed by atoms with E-state index in [1.807, 2.05) is 35.8 Å². The number of imidazole rings is 1. The first kappa shape index (κ1) is 21.8. The molecule has 0 spiro atoms. The van der Waals surface area contributed by atoms with Crippen LogP contribution in [-0.2, 0) is 17.8 Å². The molecule has 5 N–H and O–H groups in total. The number of carbonyl (C=O) groups is 2. The van der Waals surface area contributed by atoms with Crippen molar-refractivity contribution in [1.82, 2.24) is 19.9 Å². The quantitative estimate of drug-likeness (QED) is 0.419. The summed E-state index contributed by atoms with van der Waals surface area (Å²) in [7, 11) is 0. The van der Waals surface area contributed by atoms with E-state index < -0.39 is 11.9 Å². The number of benzene rings is 1. The average Bonchev–Trinajstić information content (AvgIpc) is 3.19. The van der Waals surface area contributed by atoms with Crippen LogP contribution in [0.5, 0.6) is 0 Å². The van der Waals surface area contributed by atoms with Crippen molar-refractivity contribution in [3.05, 3.63) is 71.9 Å². The highest BCUT2D eigenvalue weighted by molar-refractivity contribution is 5.89. The van der Waals surface area contributed by atoms with Crippen LogP contribution in [-0.4, -0.2) is 38.2 Å². The summed E-state index contributed by atoms with van der Waals surface area (Å²) in [5, 5.41) is 15.3. The van der Waals surface area contributed by atoms with Crippen LogP contribution in [0, 0.1) is 0 Å². The number of amides is 2. The van der Waals surface area contributed by atoms with Gasteiger partial charge in [-0.3, -0.25) is 4.79 Å². The number of aliphatic carboxylic acids is 1. The number of aromatic nitrogens is 3. The maximum absolute atomic E-state index is 11.8. The fraction of sp³-hybridized carbons (Fsp3) is 0.273. The number of nitrogens with two attached hydrogens (primary N) is 1. The van der Waals surface area contributed by atoms with Crippen molar-refractivity contribution < 1.29 is 14.7 Å². The van der Waals surface area contributed by atoms with E-state index in [1.54, 1.807) is 30.9 Å². The number of hydrogen-bond donors (Lipinski definition) is 4. The lowest BCUT2D eigenvalue weighted by atomic mass is 9.98. The average molecular weight is 422 g/mol. The molecule has 2 aromatic heterocycles. The third-order valence-corrected chi connectivity index (χ3v) is 4.68. The van der Waals surface area contributed by atoms with Gasteiger partial charge in [-0.05, 0) is 42.2 Å². The summed E-state index contributed by atoms with van der Waals surface area (Å²) in [6.07, 6.45) is 6.06. The van der Waals surface area contributed by atoms with Gasteiger partial charge in [-0.1, -0.05) is 25.1 Å². The Morgan fingerprint density at radius 1 is 1.19 bits per heavy atom. The minimum absolute atomic E-state index is 0.245. The van der Waals surface area contributed by atoms with E-state index in [4.69, 9.17) is 5.73 Å². The van der Waals surface area contributed by atoms with E-state index in [2.05, 4.69) is 20.6 Å². The van der Waals surface area contributed by atoms with Crippen molar-refractivity contribution in [2.24, 2.45) is 0 Å². The number of nitrogens with zero attached hydrogens (tertiary/aromatic N) is 3. The van der Waals surface area contributed by atoms with Crippen molar-refractivity contribution in [1.29, 1.82) is 0 Å². The number of nitrogen functional groups attached to an aromatic ring is 1. The Kier molecular flexibility index (Phi) is 7.21. The molecule has 2 heterocycles. The first-order valence-electron chi connectivity index (χ1n) is 10.0. The summed E-state index contributed by atoms with van der Waals surface area (Å²) in [4.78, 5) is 32.0. The molecule has 0 saturated heterocycles. The second-order valence-electron chi connectivity index (χ2n) is 7.24. The fourth-order valence-electron chi connectivity index (χ4n) is 3.13. The second kappa shape index (κ2) is 10.2. The minimum Gasteiger partial charge on any atom is -0.481 e. The van der Waals surface area contributed by atoms with E-state index >= 15 is 0 Å². The highest BCUT2D eigenvalue weighted by Gasteiger charge is 2.23. The summed E-state index contributed by atoms with van der Waals surface area (Å²) in [5.74, 6) is -1.35. The summed E-state index contributed by atoms with van der Waals surface area (Å²) in [5.41, 5.74) is 8.47. The number of urea groups is 1. The van der Waals surface area contributed by atoms with Crippen LogP contribution in [0.3, 0.4) is 0 Å². The third-order valence-electron chi connectivity index (χ3n) is 4.68. The van der Waals surface area contributed by atoms with Crippen molar-refractivity contribution in [2.75, 3.05) is 17.6 Å². The molecular weight excluding hydrogens is 396 g/mol. The van der Waals surface area contributed by atoms with Gasteiger partial charge in [-0.25, -0.2) is 14.8 Å². The predicted molar refractivity (Wildman–Crippen MR) is 118 cm³/mol. The van der Waals surface area contributed by atoms with Crippen molar-refractivity contribution in [3.8, 4) is 0 Å². The van der Waals surface area contributed by atoms with Crippen LogP contribution in [0.25, 0.3) is 0 Å². The Morgan fingerprint density at radius 2 is 2.03 bits per heavy atom. The zero-order valence-electron chi connectivity index (χ0n) is 17.3. The predicted octanol–water partition coefficient (Wildman–Crippen LogP) is 2.85. The molecule has 31 heavy (non-hydrogen) atoms. The van der Waals surface area contributed by atoms with Crippen molar-refractivity contribution >= 4 is 23.5 Å². The molecule has 2 amide bonds. The lowest BCUT2D eigenvalue weighted by Gasteiger charge is -2.10. The molecule has 3 rings (SSSR count). The summed E-state index contributed by atoms with van der Waals surface area (Å²) in [6, 6.07) is 10.7. The number of anilines is 2. The minimum atomic E-state index is -0.952. The van der Waals surface area contributed by atoms with Gasteiger partial charge in [-0.15, -0.1) is 0 Å². The van der Waals surface area contributed by atoms with Crippen LogP contribution in [0.2, 0.25) is 0 Å². The number of rotatable bonds is 9. The van der Waals surface area contributed by atoms with Gasteiger partial charge in [0.2, 0.25) is 0 Å². The Morgan fingerprint density at radius 3 is 2.74 bits per heavy atom. The van der Waals surface area contributed by atoms with Gasteiger partial charge in [0.25, 0.3) is 0 Å². The lowest BCUT2D eigenvalue weighted by Crippen LogP contribution is -2.29. The maximum Gasteiger partial charge on any atom is 0.319 e. The molecule has 1 unspecified atom stereocenters. The van der Waals surface area contributed by atoms with Gasteiger partial charge in [0.05, 0.1) is 12.0 Å². The number of carbonyl (C=O) groups excluding carboxylic acids is 1. The molecular formula is C22H26N6O3. The Bertz CT molecular complexity index is 1030. The molecule has 0 radical (unpaired) electrons. The maximum atomic E-state index is 11.8. The van der Waals surface area contributed by atoms with Gasteiger partial charge >= 0.3 is 12.0 Å². The Hall–Kier alpha value is -3.88. The van der Waals surface area contributed by atoms with Gasteiger partial charge in [0.15, 0.2) is 0 Å². The summed E-state index contributed by atoms with van der Waals surface area (Å²) >= 11 is 0. The van der Waals surface area contributed by atoms with Crippen molar-refractivity contribution in [2.45, 2.75) is 32.2 Å². The zero-order valence-corrected chi connectivity index (χ0v) is 17.3. The normalized spacial score (nSPS) is 11.6. The molecule has 162 valence electrons. The monoisotopic (exact) mass is 422 g/mol. The zero-order chi connectivity index (χ0) is 22.2. The Balaban J connectivity index is 1.68. The molecule has 0 fully saturated rings. The lowest BCUT2D eigenvalue weighted by molar-refractivity contribution is -0.138. The summed E-state index contributed by atoms with van der Waals surface area (Å²) < 4.78 is 1.82. The number of pyridine rings is 1. The molecule has 1 atom stereocenters. The third kappa shape index (κ3) is 6.30. The molecule has 1 aromatic carbocycles. The van der Waals surface area contributed by atoms with Gasteiger partial charge in [-0.2, -0.15) is 0 Å². The van der Waals surface area contributed by atoms with E-state index in [0.717, 1.165) is 17.5 Å². The fourth-order valence-corrected chi connectivity index (χ4v) is 3.13. The SMILES string of the molecule is CCCNC(=O)Nc1cccc(Cn2cnc(C(Cc3ccc(N)nc3)C(=O)O)c2)c1. The molecule has 0 aliphatic carbocycles. The first-order valence-corrected chi connectivity index (χ1v) is 10.0. The van der Waals surface area contributed by atoms with Gasteiger partial charge in [0.1, 0.15) is 11.7 Å². The van der Waals surface area contributed by atoms with Crippen LogP contribution in [0.1, 0.15) is 36.1 Å². The molecule has 3 aromatic rings. The van der Waals surface area contributed by atoms with E-state index in [-0.39, 0.29) is 12.5 Å². The number of nitrogens with one attached hydrogen (secondary N) is 2. The molecule has 9 nitrogen and oxygen atoms in total. The van der Waals surface area contributed by atoms with Gasteiger partial charge < -0.3 is 26.0 Å². The van der Waals surface area contributed by atoms with E-state index in [1.165, 1.54) is 0 Å². The second-order valence-corrected chi connectivity index (χ2v) is 7.24. The highest BCUT2D eigenvalue weighted by atomic mass is 16.4. The summed E-state index contributed by atoms with van der Waals surface area (Å²) in [6.45, 7) is 3.09. The topological polar surface area (TPSA) is 135 Å².